The average molecular weight is 294 g/mol. The highest BCUT2D eigenvalue weighted by Crippen LogP contribution is 2.29. The van der Waals surface area contributed by atoms with Crippen LogP contribution < -0.4 is 5.32 Å². The first-order chi connectivity index (χ1) is 9.79. The Kier molecular flexibility index (Phi) is 6.33. The molecule has 1 aliphatic rings. The predicted octanol–water partition coefficient (Wildman–Crippen LogP) is 2.09. The van der Waals surface area contributed by atoms with Crippen molar-refractivity contribution in [3.63, 3.8) is 0 Å². The third kappa shape index (κ3) is 4.80. The van der Waals surface area contributed by atoms with Gasteiger partial charge in [-0.2, -0.15) is 0 Å². The third-order valence-electron chi connectivity index (χ3n) is 3.88. The molecule has 20 heavy (non-hydrogen) atoms. The standard InChI is InChI=1S/C15H22N2O2S/c18-10-13-4-2-1-3-12(13)9-17-15(19)11-20-14-5-7-16-8-6-14/h5-8,12-13,18H,1-4,9-11H2,(H,17,19). The summed E-state index contributed by atoms with van der Waals surface area (Å²) in [6.45, 7) is 0.938. The maximum absolute atomic E-state index is 11.8. The molecule has 4 nitrogen and oxygen atoms in total. The Morgan fingerprint density at radius 2 is 2.00 bits per heavy atom. The van der Waals surface area contributed by atoms with Gasteiger partial charge in [0.1, 0.15) is 0 Å². The quantitative estimate of drug-likeness (QED) is 0.789. The molecule has 0 bridgehead atoms. The van der Waals surface area contributed by atoms with Crippen LogP contribution in [-0.4, -0.2) is 34.9 Å². The van der Waals surface area contributed by atoms with Crippen LogP contribution >= 0.6 is 11.8 Å². The summed E-state index contributed by atoms with van der Waals surface area (Å²) in [5.41, 5.74) is 0. The van der Waals surface area contributed by atoms with Gasteiger partial charge in [-0.05, 0) is 36.8 Å². The van der Waals surface area contributed by atoms with Crippen molar-refractivity contribution in [3.05, 3.63) is 24.5 Å². The fourth-order valence-electron chi connectivity index (χ4n) is 2.67. The Morgan fingerprint density at radius 1 is 1.30 bits per heavy atom. The summed E-state index contributed by atoms with van der Waals surface area (Å²) in [6.07, 6.45) is 8.07. The van der Waals surface area contributed by atoms with Crippen LogP contribution in [0.15, 0.2) is 29.4 Å². The van der Waals surface area contributed by atoms with Gasteiger partial charge in [0, 0.05) is 30.4 Å². The molecule has 2 N–H and O–H groups in total. The molecule has 0 spiro atoms. The predicted molar refractivity (Wildman–Crippen MR) is 80.5 cm³/mol. The van der Waals surface area contributed by atoms with Crippen molar-refractivity contribution in [1.29, 1.82) is 0 Å². The number of rotatable bonds is 6. The SMILES string of the molecule is O=C(CSc1ccncc1)NCC1CCCCC1CO. The first-order valence-electron chi connectivity index (χ1n) is 7.20. The summed E-state index contributed by atoms with van der Waals surface area (Å²) in [7, 11) is 0. The molecule has 0 saturated heterocycles. The van der Waals surface area contributed by atoms with Crippen LogP contribution in [0.4, 0.5) is 0 Å². The number of aliphatic hydroxyl groups excluding tert-OH is 1. The van der Waals surface area contributed by atoms with Crippen LogP contribution in [0, 0.1) is 11.8 Å². The lowest BCUT2D eigenvalue weighted by Crippen LogP contribution is -2.36. The average Bonchev–Trinajstić information content (AvgIpc) is 2.52. The number of carbonyl (C=O) groups is 1. The van der Waals surface area contributed by atoms with Crippen molar-refractivity contribution >= 4 is 17.7 Å². The van der Waals surface area contributed by atoms with Gasteiger partial charge in [0.2, 0.25) is 5.91 Å². The summed E-state index contributed by atoms with van der Waals surface area (Å²) in [6, 6.07) is 3.81. The molecule has 1 heterocycles. The minimum absolute atomic E-state index is 0.0640. The maximum atomic E-state index is 11.8. The lowest BCUT2D eigenvalue weighted by atomic mass is 9.79. The van der Waals surface area contributed by atoms with E-state index < -0.39 is 0 Å². The molecule has 2 rings (SSSR count). The molecule has 110 valence electrons. The van der Waals surface area contributed by atoms with E-state index in [1.54, 1.807) is 12.4 Å². The van der Waals surface area contributed by atoms with Gasteiger partial charge in [-0.1, -0.05) is 12.8 Å². The van der Waals surface area contributed by atoms with Crippen molar-refractivity contribution in [2.24, 2.45) is 11.8 Å². The van der Waals surface area contributed by atoms with E-state index in [4.69, 9.17) is 0 Å². The summed E-state index contributed by atoms with van der Waals surface area (Å²) in [5.74, 6) is 1.29. The largest absolute Gasteiger partial charge is 0.396 e. The number of amides is 1. The third-order valence-corrected chi connectivity index (χ3v) is 4.89. The Balaban J connectivity index is 1.69. The number of hydrogen-bond donors (Lipinski definition) is 2. The van der Waals surface area contributed by atoms with E-state index in [2.05, 4.69) is 10.3 Å². The number of carbonyl (C=O) groups excluding carboxylic acids is 1. The normalized spacial score (nSPS) is 22.4. The lowest BCUT2D eigenvalue weighted by molar-refractivity contribution is -0.118. The van der Waals surface area contributed by atoms with E-state index in [1.807, 2.05) is 12.1 Å². The Hall–Kier alpha value is -1.07. The molecule has 2 unspecified atom stereocenters. The molecule has 2 atom stereocenters. The summed E-state index contributed by atoms with van der Waals surface area (Å²) in [5, 5.41) is 12.4. The molecule has 1 aromatic heterocycles. The molecule has 1 fully saturated rings. The van der Waals surface area contributed by atoms with Gasteiger partial charge in [-0.3, -0.25) is 9.78 Å². The van der Waals surface area contributed by atoms with Gasteiger partial charge >= 0.3 is 0 Å². The molecule has 1 amide bonds. The zero-order chi connectivity index (χ0) is 14.2. The van der Waals surface area contributed by atoms with Crippen LogP contribution in [-0.2, 0) is 4.79 Å². The second kappa shape index (κ2) is 8.27. The fraction of sp³-hybridized carbons (Fsp3) is 0.600. The molecule has 1 aromatic rings. The lowest BCUT2D eigenvalue weighted by Gasteiger charge is -2.30. The van der Waals surface area contributed by atoms with Gasteiger partial charge < -0.3 is 10.4 Å². The van der Waals surface area contributed by atoms with Gasteiger partial charge in [0.05, 0.1) is 5.75 Å². The van der Waals surface area contributed by atoms with E-state index in [0.29, 0.717) is 24.1 Å². The van der Waals surface area contributed by atoms with Crippen LogP contribution in [0.3, 0.4) is 0 Å². The van der Waals surface area contributed by atoms with E-state index in [9.17, 15) is 9.90 Å². The van der Waals surface area contributed by atoms with Crippen molar-refractivity contribution in [1.82, 2.24) is 10.3 Å². The summed E-state index contributed by atoms with van der Waals surface area (Å²) >= 11 is 1.52. The zero-order valence-electron chi connectivity index (χ0n) is 11.6. The Morgan fingerprint density at radius 3 is 2.70 bits per heavy atom. The number of nitrogens with one attached hydrogen (secondary N) is 1. The highest BCUT2D eigenvalue weighted by molar-refractivity contribution is 8.00. The highest BCUT2D eigenvalue weighted by atomic mass is 32.2. The second-order valence-corrected chi connectivity index (χ2v) is 6.31. The summed E-state index contributed by atoms with van der Waals surface area (Å²) < 4.78 is 0. The molecular weight excluding hydrogens is 272 g/mol. The number of aliphatic hydroxyl groups is 1. The molecule has 1 saturated carbocycles. The van der Waals surface area contributed by atoms with E-state index >= 15 is 0 Å². The zero-order valence-corrected chi connectivity index (χ0v) is 12.4. The number of pyridine rings is 1. The van der Waals surface area contributed by atoms with E-state index in [0.717, 1.165) is 17.7 Å². The topological polar surface area (TPSA) is 62.2 Å². The minimum Gasteiger partial charge on any atom is -0.396 e. The molecule has 0 aromatic carbocycles. The van der Waals surface area contributed by atoms with Crippen molar-refractivity contribution < 1.29 is 9.90 Å². The van der Waals surface area contributed by atoms with Gasteiger partial charge in [0.25, 0.3) is 0 Å². The molecule has 5 heteroatoms. The molecule has 0 radical (unpaired) electrons. The minimum atomic E-state index is 0.0640. The van der Waals surface area contributed by atoms with Gasteiger partial charge in [-0.25, -0.2) is 0 Å². The monoisotopic (exact) mass is 294 g/mol. The number of thioether (sulfide) groups is 1. The van der Waals surface area contributed by atoms with Crippen molar-refractivity contribution in [2.45, 2.75) is 30.6 Å². The number of aromatic nitrogens is 1. The second-order valence-electron chi connectivity index (χ2n) is 5.26. The molecule has 0 aliphatic heterocycles. The molecule has 1 aliphatic carbocycles. The Labute approximate surface area is 124 Å². The van der Waals surface area contributed by atoms with E-state index in [1.165, 1.54) is 24.6 Å². The Bertz CT molecular complexity index is 414. The first kappa shape index (κ1) is 15.3. The van der Waals surface area contributed by atoms with Crippen LogP contribution in [0.5, 0.6) is 0 Å². The first-order valence-corrected chi connectivity index (χ1v) is 8.18. The smallest absolute Gasteiger partial charge is 0.230 e. The van der Waals surface area contributed by atoms with Crippen molar-refractivity contribution in [3.8, 4) is 0 Å². The number of hydrogen-bond acceptors (Lipinski definition) is 4. The van der Waals surface area contributed by atoms with E-state index in [-0.39, 0.29) is 12.5 Å². The highest BCUT2D eigenvalue weighted by Gasteiger charge is 2.24. The van der Waals surface area contributed by atoms with Crippen LogP contribution in [0.1, 0.15) is 25.7 Å². The van der Waals surface area contributed by atoms with Crippen molar-refractivity contribution in [2.75, 3.05) is 18.9 Å². The summed E-state index contributed by atoms with van der Waals surface area (Å²) in [4.78, 5) is 16.9. The van der Waals surface area contributed by atoms with Crippen LogP contribution in [0.2, 0.25) is 0 Å². The fourth-order valence-corrected chi connectivity index (χ4v) is 3.39. The van der Waals surface area contributed by atoms with Crippen LogP contribution in [0.25, 0.3) is 0 Å². The van der Waals surface area contributed by atoms with Gasteiger partial charge in [-0.15, -0.1) is 11.8 Å². The molecular formula is C15H22N2O2S. The number of nitrogens with zero attached hydrogens (tertiary/aromatic N) is 1. The maximum Gasteiger partial charge on any atom is 0.230 e. The van der Waals surface area contributed by atoms with Gasteiger partial charge in [0.15, 0.2) is 0 Å².